The zero-order chi connectivity index (χ0) is 9.61. The lowest BCUT2D eigenvalue weighted by atomic mass is 9.83. The highest BCUT2D eigenvalue weighted by atomic mass is 16.5. The van der Waals surface area contributed by atoms with Gasteiger partial charge in [0.2, 0.25) is 0 Å². The Bertz CT molecular complexity index is 130. The zero-order valence-corrected chi connectivity index (χ0v) is 8.52. The third-order valence-corrected chi connectivity index (χ3v) is 2.83. The van der Waals surface area contributed by atoms with E-state index >= 15 is 0 Å². The van der Waals surface area contributed by atoms with Crippen LogP contribution in [0.15, 0.2) is 0 Å². The molecule has 1 unspecified atom stereocenters. The van der Waals surface area contributed by atoms with E-state index in [1.54, 1.807) is 6.47 Å². The Kier molecular flexibility index (Phi) is 4.95. The van der Waals surface area contributed by atoms with E-state index in [0.717, 1.165) is 19.3 Å². The van der Waals surface area contributed by atoms with Gasteiger partial charge >= 0.3 is 6.47 Å². The van der Waals surface area contributed by atoms with Crippen molar-refractivity contribution in [2.75, 3.05) is 0 Å². The quantitative estimate of drug-likeness (QED) is 0.614. The van der Waals surface area contributed by atoms with Gasteiger partial charge in [0.15, 0.2) is 0 Å². The smallest absolute Gasteiger partial charge is 0.418 e. The van der Waals surface area contributed by atoms with E-state index < -0.39 is 0 Å². The Morgan fingerprint density at radius 3 is 2.08 bits per heavy atom. The molecule has 71 valence electrons. The predicted molar refractivity (Wildman–Crippen MR) is 49.5 cm³/mol. The Hall–Kier alpha value is -0.530. The molecule has 1 radical (unpaired) electrons. The van der Waals surface area contributed by atoms with Crippen LogP contribution in [0.1, 0.15) is 47.0 Å². The van der Waals surface area contributed by atoms with Crippen molar-refractivity contribution in [1.29, 1.82) is 0 Å². The molecule has 2 heteroatoms. The fourth-order valence-electron chi connectivity index (χ4n) is 1.69. The van der Waals surface area contributed by atoms with Crippen LogP contribution in [0.2, 0.25) is 0 Å². The van der Waals surface area contributed by atoms with Crippen LogP contribution in [0.4, 0.5) is 0 Å². The van der Waals surface area contributed by atoms with Crippen molar-refractivity contribution in [3.8, 4) is 0 Å². The molecule has 0 amide bonds. The standard InChI is InChI=1S/C10H19O2/c1-5-9(6-2)10(4,7-3)12-8-11/h9H,5-7H2,1-4H3. The second-order valence-corrected chi connectivity index (χ2v) is 3.37. The minimum atomic E-state index is -0.314. The Balaban J connectivity index is 4.34. The molecule has 0 saturated heterocycles. The van der Waals surface area contributed by atoms with Crippen LogP contribution in [0, 0.1) is 5.92 Å². The van der Waals surface area contributed by atoms with Gasteiger partial charge in [-0.05, 0) is 32.1 Å². The van der Waals surface area contributed by atoms with E-state index in [1.165, 1.54) is 0 Å². The number of hydrogen-bond acceptors (Lipinski definition) is 2. The maximum absolute atomic E-state index is 10.2. The molecular formula is C10H19O2. The molecule has 0 fully saturated rings. The summed E-state index contributed by atoms with van der Waals surface area (Å²) in [6.45, 7) is 9.82. The molecule has 0 bridgehead atoms. The zero-order valence-electron chi connectivity index (χ0n) is 8.52. The van der Waals surface area contributed by atoms with Gasteiger partial charge < -0.3 is 4.74 Å². The van der Waals surface area contributed by atoms with Crippen molar-refractivity contribution in [2.24, 2.45) is 5.92 Å². The monoisotopic (exact) mass is 171 g/mol. The topological polar surface area (TPSA) is 26.3 Å². The molecule has 0 heterocycles. The molecule has 0 N–H and O–H groups in total. The fourth-order valence-corrected chi connectivity index (χ4v) is 1.69. The molecule has 0 spiro atoms. The molecule has 0 rings (SSSR count). The summed E-state index contributed by atoms with van der Waals surface area (Å²) < 4.78 is 5.02. The molecule has 0 saturated carbocycles. The van der Waals surface area contributed by atoms with E-state index in [1.807, 2.05) is 13.8 Å². The van der Waals surface area contributed by atoms with Crippen molar-refractivity contribution in [3.05, 3.63) is 0 Å². The van der Waals surface area contributed by atoms with Gasteiger partial charge in [-0.1, -0.05) is 20.8 Å². The number of ether oxygens (including phenoxy) is 1. The maximum Gasteiger partial charge on any atom is 0.418 e. The summed E-state index contributed by atoms with van der Waals surface area (Å²) in [7, 11) is 0. The van der Waals surface area contributed by atoms with Gasteiger partial charge in [-0.15, -0.1) is 0 Å². The van der Waals surface area contributed by atoms with E-state index in [0.29, 0.717) is 5.92 Å². The second kappa shape index (κ2) is 5.18. The van der Waals surface area contributed by atoms with Gasteiger partial charge in [-0.3, -0.25) is 0 Å². The second-order valence-electron chi connectivity index (χ2n) is 3.37. The van der Waals surface area contributed by atoms with Gasteiger partial charge in [0.05, 0.1) is 0 Å². The lowest BCUT2D eigenvalue weighted by Gasteiger charge is -2.33. The molecule has 0 aliphatic carbocycles. The first-order valence-corrected chi connectivity index (χ1v) is 4.69. The first kappa shape index (κ1) is 11.5. The van der Waals surface area contributed by atoms with E-state index in [9.17, 15) is 4.79 Å². The van der Waals surface area contributed by atoms with Crippen LogP contribution in [0.5, 0.6) is 0 Å². The summed E-state index contributed by atoms with van der Waals surface area (Å²) >= 11 is 0. The van der Waals surface area contributed by atoms with Crippen molar-refractivity contribution >= 4 is 6.47 Å². The summed E-state index contributed by atoms with van der Waals surface area (Å²) in [4.78, 5) is 10.2. The Morgan fingerprint density at radius 2 is 1.83 bits per heavy atom. The van der Waals surface area contributed by atoms with Gasteiger partial charge in [0.1, 0.15) is 5.60 Å². The largest absolute Gasteiger partial charge is 0.451 e. The van der Waals surface area contributed by atoms with Gasteiger partial charge in [0.25, 0.3) is 0 Å². The summed E-state index contributed by atoms with van der Waals surface area (Å²) in [5.74, 6) is 0.448. The lowest BCUT2D eigenvalue weighted by Crippen LogP contribution is -2.36. The van der Waals surface area contributed by atoms with Crippen LogP contribution >= 0.6 is 0 Å². The van der Waals surface area contributed by atoms with E-state index in [-0.39, 0.29) is 5.60 Å². The third kappa shape index (κ3) is 2.50. The van der Waals surface area contributed by atoms with Crippen molar-refractivity contribution in [3.63, 3.8) is 0 Å². The van der Waals surface area contributed by atoms with Crippen LogP contribution in [0.25, 0.3) is 0 Å². The van der Waals surface area contributed by atoms with E-state index in [4.69, 9.17) is 4.74 Å². The highest BCUT2D eigenvalue weighted by Gasteiger charge is 2.31. The third-order valence-electron chi connectivity index (χ3n) is 2.83. The first-order valence-electron chi connectivity index (χ1n) is 4.69. The summed E-state index contributed by atoms with van der Waals surface area (Å²) in [6.07, 6.45) is 2.94. The molecule has 0 aliphatic heterocycles. The Labute approximate surface area is 75.3 Å². The minimum Gasteiger partial charge on any atom is -0.451 e. The van der Waals surface area contributed by atoms with Crippen LogP contribution in [-0.4, -0.2) is 12.1 Å². The molecule has 1 atom stereocenters. The molecule has 12 heavy (non-hydrogen) atoms. The number of rotatable bonds is 6. The van der Waals surface area contributed by atoms with Crippen molar-refractivity contribution in [1.82, 2.24) is 0 Å². The van der Waals surface area contributed by atoms with Gasteiger partial charge in [-0.25, -0.2) is 4.79 Å². The predicted octanol–water partition coefficient (Wildman–Crippen LogP) is 2.68. The molecule has 0 aromatic rings. The first-order chi connectivity index (χ1) is 5.64. The lowest BCUT2D eigenvalue weighted by molar-refractivity contribution is 0.00324. The van der Waals surface area contributed by atoms with Crippen molar-refractivity contribution < 1.29 is 9.53 Å². The van der Waals surface area contributed by atoms with Crippen molar-refractivity contribution in [2.45, 2.75) is 52.6 Å². The molecule has 0 aromatic carbocycles. The minimum absolute atomic E-state index is 0.314. The summed E-state index contributed by atoms with van der Waals surface area (Å²) in [6, 6.07) is 0. The molecule has 0 aliphatic rings. The Morgan fingerprint density at radius 1 is 1.33 bits per heavy atom. The average molecular weight is 171 g/mol. The molecule has 0 aromatic heterocycles. The van der Waals surface area contributed by atoms with Gasteiger partial charge in [0, 0.05) is 0 Å². The summed E-state index contributed by atoms with van der Waals surface area (Å²) in [5, 5.41) is 0. The average Bonchev–Trinajstić information content (AvgIpc) is 2.07. The number of carbonyl (C=O) groups excluding carboxylic acids is 1. The summed E-state index contributed by atoms with van der Waals surface area (Å²) in [5.41, 5.74) is -0.314. The maximum atomic E-state index is 10.2. The highest BCUT2D eigenvalue weighted by Crippen LogP contribution is 2.29. The fraction of sp³-hybridized carbons (Fsp3) is 0.900. The number of hydrogen-bond donors (Lipinski definition) is 0. The molecular weight excluding hydrogens is 152 g/mol. The normalized spacial score (nSPS) is 15.8. The molecule has 2 nitrogen and oxygen atoms in total. The SMILES string of the molecule is CCC(CC)C(C)(CC)O[C]=O. The van der Waals surface area contributed by atoms with Crippen LogP contribution in [-0.2, 0) is 9.53 Å². The van der Waals surface area contributed by atoms with Crippen LogP contribution < -0.4 is 0 Å². The van der Waals surface area contributed by atoms with E-state index in [2.05, 4.69) is 13.8 Å². The highest BCUT2D eigenvalue weighted by molar-refractivity contribution is 5.39. The van der Waals surface area contributed by atoms with Gasteiger partial charge in [-0.2, -0.15) is 0 Å². The van der Waals surface area contributed by atoms with Crippen LogP contribution in [0.3, 0.4) is 0 Å².